The molecule has 4 heteroatoms. The molecule has 12 rings (SSSR count). The molecule has 0 spiro atoms. The molecule has 2 aromatic heterocycles. The molecular weight excluding hydrogens is 743 g/mol. The summed E-state index contributed by atoms with van der Waals surface area (Å²) in [6.07, 6.45) is 0. The number of nitrogens with zero attached hydrogens (tertiary/aromatic N) is 3. The molecule has 2 heterocycles. The predicted molar refractivity (Wildman–Crippen MR) is 254 cm³/mol. The first-order valence-electron chi connectivity index (χ1n) is 20.7. The largest absolute Gasteiger partial charge is 0.434 e. The Morgan fingerprint density at radius 2 is 1.03 bits per heavy atom. The van der Waals surface area contributed by atoms with Crippen LogP contribution in [-0.2, 0) is 0 Å². The summed E-state index contributed by atoms with van der Waals surface area (Å²) in [5.41, 5.74) is 13.5. The van der Waals surface area contributed by atoms with Gasteiger partial charge in [0, 0.05) is 38.7 Å². The molecule has 0 aliphatic rings. The van der Waals surface area contributed by atoms with E-state index in [9.17, 15) is 0 Å². The van der Waals surface area contributed by atoms with Crippen molar-refractivity contribution >= 4 is 71.5 Å². The first kappa shape index (κ1) is 34.8. The second kappa shape index (κ2) is 14.3. The van der Waals surface area contributed by atoms with Gasteiger partial charge in [0.15, 0.2) is 5.58 Å². The third kappa shape index (κ3) is 5.80. The van der Waals surface area contributed by atoms with Crippen LogP contribution < -0.4 is 4.90 Å². The number of anilines is 3. The number of hydrogen-bond donors (Lipinski definition) is 0. The zero-order valence-corrected chi connectivity index (χ0v) is 33.1. The fraction of sp³-hybridized carbons (Fsp3) is 0. The Kier molecular flexibility index (Phi) is 8.13. The van der Waals surface area contributed by atoms with Crippen molar-refractivity contribution in [1.82, 2.24) is 9.55 Å². The summed E-state index contributed by atoms with van der Waals surface area (Å²) in [6.45, 7) is 0. The smallest absolute Gasteiger partial charge is 0.227 e. The molecule has 12 aromatic rings. The summed E-state index contributed by atoms with van der Waals surface area (Å²) in [7, 11) is 0. The maximum absolute atomic E-state index is 6.73. The van der Waals surface area contributed by atoms with E-state index >= 15 is 0 Å². The van der Waals surface area contributed by atoms with Gasteiger partial charge in [-0.3, -0.25) is 0 Å². The highest BCUT2D eigenvalue weighted by Gasteiger charge is 2.24. The lowest BCUT2D eigenvalue weighted by Gasteiger charge is -2.28. The van der Waals surface area contributed by atoms with Crippen LogP contribution >= 0.6 is 0 Å². The number of para-hydroxylation sites is 2. The van der Waals surface area contributed by atoms with E-state index in [1.165, 1.54) is 43.6 Å². The van der Waals surface area contributed by atoms with Gasteiger partial charge in [-0.1, -0.05) is 164 Å². The molecule has 0 radical (unpaired) electrons. The number of rotatable bonds is 7. The topological polar surface area (TPSA) is 34.2 Å². The summed E-state index contributed by atoms with van der Waals surface area (Å²) in [6, 6.07) is 79.9. The first-order valence-corrected chi connectivity index (χ1v) is 20.7. The van der Waals surface area contributed by atoms with Crippen LogP contribution in [-0.4, -0.2) is 9.55 Å². The van der Waals surface area contributed by atoms with Crippen molar-refractivity contribution in [3.05, 3.63) is 224 Å². The Morgan fingerprint density at radius 1 is 0.410 bits per heavy atom. The minimum absolute atomic E-state index is 0.594. The fourth-order valence-electron chi connectivity index (χ4n) is 9.20. The summed E-state index contributed by atoms with van der Waals surface area (Å²) in [4.78, 5) is 7.33. The van der Waals surface area contributed by atoms with E-state index in [1.807, 2.05) is 36.4 Å². The summed E-state index contributed by atoms with van der Waals surface area (Å²) >= 11 is 0. The van der Waals surface area contributed by atoms with Gasteiger partial charge < -0.3 is 13.9 Å². The van der Waals surface area contributed by atoms with Crippen LogP contribution in [0.2, 0.25) is 0 Å². The lowest BCUT2D eigenvalue weighted by molar-refractivity contribution is 0.620. The molecule has 0 saturated carbocycles. The Morgan fingerprint density at radius 3 is 1.85 bits per heavy atom. The molecule has 61 heavy (non-hydrogen) atoms. The summed E-state index contributed by atoms with van der Waals surface area (Å²) < 4.78 is 9.17. The van der Waals surface area contributed by atoms with Crippen LogP contribution in [0.25, 0.3) is 93.8 Å². The van der Waals surface area contributed by atoms with Gasteiger partial charge in [-0.05, 0) is 93.5 Å². The SMILES string of the molecule is c1ccc(-c2nc3cccc(N(c4ccc5c(c4)c4ccc6ccccc6c4n5-c4ccc(-c5cccc6ccccc56)cc4)c4ccccc4-c4ccccc4)c3o2)cc1. The fourth-order valence-corrected chi connectivity index (χ4v) is 9.20. The van der Waals surface area contributed by atoms with Gasteiger partial charge >= 0.3 is 0 Å². The molecule has 0 saturated heterocycles. The zero-order chi connectivity index (χ0) is 40.3. The number of fused-ring (bicyclic) bond motifs is 7. The maximum atomic E-state index is 6.73. The Balaban J connectivity index is 1.09. The molecule has 0 bridgehead atoms. The Bertz CT molecular complexity index is 3580. The quantitative estimate of drug-likeness (QED) is 0.162. The molecule has 0 unspecified atom stereocenters. The first-order chi connectivity index (χ1) is 30.3. The maximum Gasteiger partial charge on any atom is 0.227 e. The van der Waals surface area contributed by atoms with Crippen LogP contribution in [0.1, 0.15) is 0 Å². The van der Waals surface area contributed by atoms with Gasteiger partial charge in [-0.25, -0.2) is 4.98 Å². The van der Waals surface area contributed by atoms with E-state index in [0.717, 1.165) is 61.4 Å². The number of benzene rings is 10. The molecule has 0 amide bonds. The van der Waals surface area contributed by atoms with E-state index in [4.69, 9.17) is 9.40 Å². The molecule has 0 atom stereocenters. The highest BCUT2D eigenvalue weighted by Crippen LogP contribution is 2.46. The molecular formula is C57H37N3O. The van der Waals surface area contributed by atoms with E-state index in [0.29, 0.717) is 5.89 Å². The van der Waals surface area contributed by atoms with Crippen molar-refractivity contribution in [2.45, 2.75) is 0 Å². The van der Waals surface area contributed by atoms with Crippen molar-refractivity contribution in [2.24, 2.45) is 0 Å². The number of aromatic nitrogens is 2. The van der Waals surface area contributed by atoms with Crippen molar-refractivity contribution in [3.63, 3.8) is 0 Å². The normalized spacial score (nSPS) is 11.6. The van der Waals surface area contributed by atoms with Crippen molar-refractivity contribution in [1.29, 1.82) is 0 Å². The second-order valence-electron chi connectivity index (χ2n) is 15.5. The third-order valence-electron chi connectivity index (χ3n) is 12.0. The van der Waals surface area contributed by atoms with Gasteiger partial charge in [-0.2, -0.15) is 0 Å². The van der Waals surface area contributed by atoms with Crippen LogP contribution in [0.3, 0.4) is 0 Å². The molecule has 10 aromatic carbocycles. The lowest BCUT2D eigenvalue weighted by atomic mass is 9.98. The predicted octanol–water partition coefficient (Wildman–Crippen LogP) is 15.7. The van der Waals surface area contributed by atoms with E-state index in [-0.39, 0.29) is 0 Å². The average molecular weight is 780 g/mol. The Hall–Kier alpha value is -8.21. The van der Waals surface area contributed by atoms with Crippen LogP contribution in [0.4, 0.5) is 17.1 Å². The van der Waals surface area contributed by atoms with Gasteiger partial charge in [0.05, 0.1) is 22.4 Å². The van der Waals surface area contributed by atoms with Gasteiger partial charge in [-0.15, -0.1) is 0 Å². The summed E-state index contributed by atoms with van der Waals surface area (Å²) in [5, 5.41) is 7.26. The van der Waals surface area contributed by atoms with Crippen LogP contribution in [0, 0.1) is 0 Å². The van der Waals surface area contributed by atoms with Crippen molar-refractivity contribution < 1.29 is 4.42 Å². The zero-order valence-electron chi connectivity index (χ0n) is 33.1. The molecule has 4 nitrogen and oxygen atoms in total. The van der Waals surface area contributed by atoms with Crippen molar-refractivity contribution in [2.75, 3.05) is 4.90 Å². The van der Waals surface area contributed by atoms with Crippen LogP contribution in [0.5, 0.6) is 0 Å². The van der Waals surface area contributed by atoms with E-state index < -0.39 is 0 Å². The minimum Gasteiger partial charge on any atom is -0.434 e. The molecule has 286 valence electrons. The van der Waals surface area contributed by atoms with Gasteiger partial charge in [0.25, 0.3) is 0 Å². The van der Waals surface area contributed by atoms with E-state index in [2.05, 4.69) is 198 Å². The molecule has 0 fully saturated rings. The standard InChI is InChI=1S/C57H37N3O/c1-3-15-39(16-4-1)47-23-11-12-27-52(47)59(54-28-14-26-51-56(54)61-57(58-51)42-19-5-2-6-20-42)44-34-36-53-50(37-44)49-35-31-40-18-8-10-24-48(40)55(49)60(53)43-32-29-41(30-33-43)46-25-13-21-38-17-7-9-22-45(38)46/h1-37H. The molecule has 0 aliphatic carbocycles. The van der Waals surface area contributed by atoms with E-state index in [1.54, 1.807) is 0 Å². The summed E-state index contributed by atoms with van der Waals surface area (Å²) in [5.74, 6) is 0.594. The second-order valence-corrected chi connectivity index (χ2v) is 15.5. The van der Waals surface area contributed by atoms with Gasteiger partial charge in [0.1, 0.15) is 5.52 Å². The third-order valence-corrected chi connectivity index (χ3v) is 12.0. The average Bonchev–Trinajstić information content (AvgIpc) is 3.93. The lowest BCUT2D eigenvalue weighted by Crippen LogP contribution is -2.11. The number of hydrogen-bond acceptors (Lipinski definition) is 3. The highest BCUT2D eigenvalue weighted by atomic mass is 16.3. The molecule has 0 aliphatic heterocycles. The number of oxazole rings is 1. The van der Waals surface area contributed by atoms with Crippen molar-refractivity contribution in [3.8, 4) is 39.4 Å². The Labute approximate surface area is 352 Å². The monoisotopic (exact) mass is 779 g/mol. The van der Waals surface area contributed by atoms with Crippen LogP contribution in [0.15, 0.2) is 229 Å². The molecule has 0 N–H and O–H groups in total. The highest BCUT2D eigenvalue weighted by molar-refractivity contribution is 6.19. The van der Waals surface area contributed by atoms with Gasteiger partial charge in [0.2, 0.25) is 5.89 Å². The minimum atomic E-state index is 0.594.